The molecule has 2 fully saturated rings. The van der Waals surface area contributed by atoms with Crippen molar-refractivity contribution in [3.8, 4) is 0 Å². The largest absolute Gasteiger partial charge is 0.393 e. The zero-order valence-electron chi connectivity index (χ0n) is 11.1. The standard InChI is InChI=1S/C13H24N2O2S/c1-10(18)14-6-8-15(9-7-14)13(17)11-2-4-12(16)5-3-11/h10-12,16,18H,2-9H2,1H3. The van der Waals surface area contributed by atoms with E-state index in [4.69, 9.17) is 0 Å². The van der Waals surface area contributed by atoms with Crippen LogP contribution >= 0.6 is 12.6 Å². The molecule has 0 aromatic rings. The van der Waals surface area contributed by atoms with Gasteiger partial charge < -0.3 is 10.0 Å². The lowest BCUT2D eigenvalue weighted by atomic mass is 9.86. The first kappa shape index (κ1) is 14.2. The minimum Gasteiger partial charge on any atom is -0.393 e. The summed E-state index contributed by atoms with van der Waals surface area (Å²) in [7, 11) is 0. The quantitative estimate of drug-likeness (QED) is 0.736. The second-order valence-electron chi connectivity index (χ2n) is 5.50. The number of hydrogen-bond donors (Lipinski definition) is 2. The van der Waals surface area contributed by atoms with Crippen molar-refractivity contribution in [3.05, 3.63) is 0 Å². The van der Waals surface area contributed by atoms with Gasteiger partial charge in [-0.2, -0.15) is 12.6 Å². The summed E-state index contributed by atoms with van der Waals surface area (Å²) in [5, 5.41) is 9.75. The Bertz CT molecular complexity index is 283. The highest BCUT2D eigenvalue weighted by Crippen LogP contribution is 2.26. The van der Waals surface area contributed by atoms with Crippen LogP contribution in [0.2, 0.25) is 0 Å². The Labute approximate surface area is 115 Å². The summed E-state index contributed by atoms with van der Waals surface area (Å²) in [4.78, 5) is 16.6. The molecule has 1 saturated carbocycles. The summed E-state index contributed by atoms with van der Waals surface area (Å²) < 4.78 is 0. The summed E-state index contributed by atoms with van der Waals surface area (Å²) >= 11 is 4.43. The van der Waals surface area contributed by atoms with Gasteiger partial charge in [-0.05, 0) is 32.6 Å². The maximum absolute atomic E-state index is 12.3. The molecule has 1 atom stereocenters. The second-order valence-corrected chi connectivity index (χ2v) is 6.25. The highest BCUT2D eigenvalue weighted by atomic mass is 32.1. The smallest absolute Gasteiger partial charge is 0.225 e. The van der Waals surface area contributed by atoms with Crippen molar-refractivity contribution < 1.29 is 9.90 Å². The van der Waals surface area contributed by atoms with Gasteiger partial charge in [-0.3, -0.25) is 9.69 Å². The summed E-state index contributed by atoms with van der Waals surface area (Å²) in [6.07, 6.45) is 3.08. The highest BCUT2D eigenvalue weighted by molar-refractivity contribution is 7.80. The molecule has 1 saturated heterocycles. The van der Waals surface area contributed by atoms with Gasteiger partial charge in [0.2, 0.25) is 5.91 Å². The summed E-state index contributed by atoms with van der Waals surface area (Å²) in [5.74, 6) is 0.446. The topological polar surface area (TPSA) is 43.8 Å². The van der Waals surface area contributed by atoms with Gasteiger partial charge in [0, 0.05) is 32.1 Å². The zero-order chi connectivity index (χ0) is 13.1. The van der Waals surface area contributed by atoms with Crippen molar-refractivity contribution in [2.45, 2.75) is 44.1 Å². The number of nitrogens with zero attached hydrogens (tertiary/aromatic N) is 2. The molecule has 0 radical (unpaired) electrons. The normalized spacial score (nSPS) is 32.3. The van der Waals surface area contributed by atoms with Crippen LogP contribution in [-0.2, 0) is 4.79 Å². The fourth-order valence-electron chi connectivity index (χ4n) is 2.90. The number of thiol groups is 1. The Hall–Kier alpha value is -0.260. The first-order chi connectivity index (χ1) is 8.58. The van der Waals surface area contributed by atoms with Gasteiger partial charge in [-0.15, -0.1) is 0 Å². The third-order valence-corrected chi connectivity index (χ3v) is 4.53. The molecule has 4 nitrogen and oxygen atoms in total. The molecule has 0 spiro atoms. The van der Waals surface area contributed by atoms with Crippen LogP contribution in [0.3, 0.4) is 0 Å². The van der Waals surface area contributed by atoms with Crippen molar-refractivity contribution in [2.24, 2.45) is 5.92 Å². The van der Waals surface area contributed by atoms with Crippen molar-refractivity contribution >= 4 is 18.5 Å². The molecule has 1 aliphatic carbocycles. The lowest BCUT2D eigenvalue weighted by Gasteiger charge is -2.38. The molecule has 18 heavy (non-hydrogen) atoms. The Morgan fingerprint density at radius 3 is 2.22 bits per heavy atom. The lowest BCUT2D eigenvalue weighted by molar-refractivity contribution is -0.139. The number of carbonyl (C=O) groups is 1. The molecule has 2 aliphatic rings. The van der Waals surface area contributed by atoms with E-state index in [9.17, 15) is 9.90 Å². The van der Waals surface area contributed by atoms with E-state index in [2.05, 4.69) is 24.5 Å². The first-order valence-corrected chi connectivity index (χ1v) is 7.48. The van der Waals surface area contributed by atoms with Crippen LogP contribution in [0.4, 0.5) is 0 Å². The first-order valence-electron chi connectivity index (χ1n) is 6.97. The molecule has 0 aromatic carbocycles. The molecule has 0 aromatic heterocycles. The molecule has 1 N–H and O–H groups in total. The van der Waals surface area contributed by atoms with Crippen LogP contribution in [0.5, 0.6) is 0 Å². The SMILES string of the molecule is CC(S)N1CCN(C(=O)C2CCC(O)CC2)CC1. The van der Waals surface area contributed by atoms with Crippen LogP contribution in [-0.4, -0.2) is 58.5 Å². The van der Waals surface area contributed by atoms with Gasteiger partial charge >= 0.3 is 0 Å². The number of amides is 1. The molecule has 0 bridgehead atoms. The second kappa shape index (κ2) is 6.26. The van der Waals surface area contributed by atoms with Crippen molar-refractivity contribution in [3.63, 3.8) is 0 Å². The average Bonchev–Trinajstić information content (AvgIpc) is 2.39. The van der Waals surface area contributed by atoms with Crippen molar-refractivity contribution in [1.82, 2.24) is 9.80 Å². The van der Waals surface area contributed by atoms with Gasteiger partial charge in [0.05, 0.1) is 11.5 Å². The van der Waals surface area contributed by atoms with E-state index >= 15 is 0 Å². The fraction of sp³-hybridized carbons (Fsp3) is 0.923. The van der Waals surface area contributed by atoms with Crippen LogP contribution in [0.25, 0.3) is 0 Å². The molecule has 104 valence electrons. The zero-order valence-corrected chi connectivity index (χ0v) is 12.0. The van der Waals surface area contributed by atoms with E-state index in [-0.39, 0.29) is 17.4 Å². The minimum absolute atomic E-state index is 0.147. The predicted octanol–water partition coefficient (Wildman–Crippen LogP) is 0.957. The van der Waals surface area contributed by atoms with E-state index in [0.29, 0.717) is 5.91 Å². The van der Waals surface area contributed by atoms with Gasteiger partial charge in [0.15, 0.2) is 0 Å². The van der Waals surface area contributed by atoms with Crippen LogP contribution in [0.15, 0.2) is 0 Å². The van der Waals surface area contributed by atoms with Crippen LogP contribution in [0.1, 0.15) is 32.6 Å². The number of aliphatic hydroxyl groups excluding tert-OH is 1. The van der Waals surface area contributed by atoms with Crippen molar-refractivity contribution in [1.29, 1.82) is 0 Å². The molecular formula is C13H24N2O2S. The third kappa shape index (κ3) is 3.39. The summed E-state index contributed by atoms with van der Waals surface area (Å²) in [5.41, 5.74) is 0. The van der Waals surface area contributed by atoms with E-state index in [0.717, 1.165) is 51.9 Å². The van der Waals surface area contributed by atoms with Crippen molar-refractivity contribution in [2.75, 3.05) is 26.2 Å². The van der Waals surface area contributed by atoms with Crippen LogP contribution < -0.4 is 0 Å². The fourth-order valence-corrected chi connectivity index (χ4v) is 3.13. The Morgan fingerprint density at radius 2 is 1.72 bits per heavy atom. The van der Waals surface area contributed by atoms with Gasteiger partial charge in [0.1, 0.15) is 0 Å². The van der Waals surface area contributed by atoms with Gasteiger partial charge in [0.25, 0.3) is 0 Å². The Morgan fingerprint density at radius 1 is 1.17 bits per heavy atom. The maximum atomic E-state index is 12.3. The molecule has 1 heterocycles. The molecule has 1 amide bonds. The molecule has 5 heteroatoms. The maximum Gasteiger partial charge on any atom is 0.225 e. The number of piperazine rings is 1. The van der Waals surface area contributed by atoms with E-state index in [1.807, 2.05) is 4.90 Å². The lowest BCUT2D eigenvalue weighted by Crippen LogP contribution is -2.52. The molecule has 1 aliphatic heterocycles. The summed E-state index contributed by atoms with van der Waals surface area (Å²) in [6, 6.07) is 0. The third-order valence-electron chi connectivity index (χ3n) is 4.20. The average molecular weight is 272 g/mol. The number of carbonyl (C=O) groups excluding carboxylic acids is 1. The summed E-state index contributed by atoms with van der Waals surface area (Å²) in [6.45, 7) is 5.56. The highest BCUT2D eigenvalue weighted by Gasteiger charge is 2.30. The Balaban J connectivity index is 1.80. The number of aliphatic hydroxyl groups is 1. The molecule has 2 rings (SSSR count). The minimum atomic E-state index is -0.184. The molecule has 1 unspecified atom stereocenters. The predicted molar refractivity (Wildman–Crippen MR) is 74.6 cm³/mol. The van der Waals surface area contributed by atoms with Gasteiger partial charge in [-0.25, -0.2) is 0 Å². The number of hydrogen-bond acceptors (Lipinski definition) is 4. The monoisotopic (exact) mass is 272 g/mol. The Kier molecular flexibility index (Phi) is 4.92. The van der Waals surface area contributed by atoms with Gasteiger partial charge in [-0.1, -0.05) is 0 Å². The molecular weight excluding hydrogens is 248 g/mol. The van der Waals surface area contributed by atoms with E-state index in [1.54, 1.807) is 0 Å². The van der Waals surface area contributed by atoms with E-state index < -0.39 is 0 Å². The van der Waals surface area contributed by atoms with Crippen LogP contribution in [0, 0.1) is 5.92 Å². The van der Waals surface area contributed by atoms with E-state index in [1.165, 1.54) is 0 Å². The number of rotatable bonds is 2.